The van der Waals surface area contributed by atoms with Crippen molar-refractivity contribution < 1.29 is 5.11 Å². The number of unbranched alkanes of at least 4 members (excludes halogenated alkanes) is 1. The molecule has 2 nitrogen and oxygen atoms in total. The summed E-state index contributed by atoms with van der Waals surface area (Å²) in [5, 5.41) is 9.80. The molecule has 0 spiro atoms. The van der Waals surface area contributed by atoms with Gasteiger partial charge in [0.25, 0.3) is 0 Å². The van der Waals surface area contributed by atoms with E-state index in [0.29, 0.717) is 11.1 Å². The summed E-state index contributed by atoms with van der Waals surface area (Å²) < 4.78 is 0. The summed E-state index contributed by atoms with van der Waals surface area (Å²) in [4.78, 5) is 2.40. The van der Waals surface area contributed by atoms with Crippen LogP contribution in [0.25, 0.3) is 0 Å². The molecule has 1 rings (SSSR count). The van der Waals surface area contributed by atoms with Crippen LogP contribution in [0, 0.1) is 0 Å². The molecule has 1 N–H and O–H groups in total. The van der Waals surface area contributed by atoms with Crippen molar-refractivity contribution in [1.29, 1.82) is 0 Å². The van der Waals surface area contributed by atoms with Crippen LogP contribution < -0.4 is 4.90 Å². The molecule has 1 aromatic carbocycles. The predicted molar refractivity (Wildman–Crippen MR) is 79.4 cm³/mol. The lowest BCUT2D eigenvalue weighted by molar-refractivity contribution is 0.282. The maximum atomic E-state index is 9.15. The van der Waals surface area contributed by atoms with E-state index in [1.165, 1.54) is 12.8 Å². The van der Waals surface area contributed by atoms with Gasteiger partial charge in [-0.05, 0) is 37.5 Å². The van der Waals surface area contributed by atoms with E-state index in [2.05, 4.69) is 31.7 Å². The molecular weight excluding hydrogens is 246 g/mol. The minimum absolute atomic E-state index is 0.00257. The zero-order chi connectivity index (χ0) is 13.5. The number of hydrogen-bond acceptors (Lipinski definition) is 2. The number of hydrogen-bond donors (Lipinski definition) is 1. The Morgan fingerprint density at radius 1 is 1.33 bits per heavy atom. The Balaban J connectivity index is 2.93. The van der Waals surface area contributed by atoms with Gasteiger partial charge in [-0.3, -0.25) is 0 Å². The van der Waals surface area contributed by atoms with E-state index in [9.17, 15) is 0 Å². The highest BCUT2D eigenvalue weighted by Crippen LogP contribution is 2.26. The van der Waals surface area contributed by atoms with Gasteiger partial charge in [0, 0.05) is 23.3 Å². The van der Waals surface area contributed by atoms with Crippen molar-refractivity contribution in [2.75, 3.05) is 11.4 Å². The second kappa shape index (κ2) is 7.65. The molecule has 0 radical (unpaired) electrons. The average molecular weight is 270 g/mol. The summed E-state index contributed by atoms with van der Waals surface area (Å²) in [6, 6.07) is 6.44. The minimum atomic E-state index is -0.00257. The van der Waals surface area contributed by atoms with Crippen LogP contribution in [-0.2, 0) is 6.61 Å². The molecule has 0 amide bonds. The largest absolute Gasteiger partial charge is 0.392 e. The molecule has 102 valence electrons. The number of anilines is 1. The third-order valence-corrected chi connectivity index (χ3v) is 3.77. The van der Waals surface area contributed by atoms with Gasteiger partial charge in [0.2, 0.25) is 0 Å². The van der Waals surface area contributed by atoms with E-state index in [4.69, 9.17) is 16.7 Å². The molecule has 0 aliphatic carbocycles. The summed E-state index contributed by atoms with van der Waals surface area (Å²) in [7, 11) is 0. The first-order valence-electron chi connectivity index (χ1n) is 6.79. The second-order valence-corrected chi connectivity index (χ2v) is 5.15. The first-order chi connectivity index (χ1) is 8.63. The fraction of sp³-hybridized carbons (Fsp3) is 0.600. The molecule has 0 aliphatic rings. The summed E-state index contributed by atoms with van der Waals surface area (Å²) in [6.45, 7) is 7.70. The Morgan fingerprint density at radius 3 is 2.56 bits per heavy atom. The molecule has 1 aromatic rings. The number of benzene rings is 1. The average Bonchev–Trinajstić information content (AvgIpc) is 2.39. The van der Waals surface area contributed by atoms with Crippen molar-refractivity contribution in [3.63, 3.8) is 0 Å². The van der Waals surface area contributed by atoms with Gasteiger partial charge in [-0.15, -0.1) is 0 Å². The summed E-state index contributed by atoms with van der Waals surface area (Å²) >= 11 is 6.17. The Kier molecular flexibility index (Phi) is 6.51. The van der Waals surface area contributed by atoms with E-state index >= 15 is 0 Å². The minimum Gasteiger partial charge on any atom is -0.392 e. The van der Waals surface area contributed by atoms with Gasteiger partial charge in [0.05, 0.1) is 6.61 Å². The fourth-order valence-corrected chi connectivity index (χ4v) is 2.23. The Labute approximate surface area is 116 Å². The lowest BCUT2D eigenvalue weighted by Crippen LogP contribution is -2.33. The fourth-order valence-electron chi connectivity index (χ4n) is 2.00. The molecule has 1 unspecified atom stereocenters. The summed E-state index contributed by atoms with van der Waals surface area (Å²) in [6.07, 6.45) is 3.49. The van der Waals surface area contributed by atoms with Crippen molar-refractivity contribution >= 4 is 17.3 Å². The van der Waals surface area contributed by atoms with Gasteiger partial charge in [-0.1, -0.05) is 37.9 Å². The quantitative estimate of drug-likeness (QED) is 0.800. The molecule has 3 heteroatoms. The molecule has 1 atom stereocenters. The Bertz CT molecular complexity index is 368. The van der Waals surface area contributed by atoms with Crippen LogP contribution in [0.1, 0.15) is 45.6 Å². The molecular formula is C15H24ClNO. The Hall–Kier alpha value is -0.730. The van der Waals surface area contributed by atoms with Crippen molar-refractivity contribution in [1.82, 2.24) is 0 Å². The van der Waals surface area contributed by atoms with Gasteiger partial charge < -0.3 is 10.0 Å². The second-order valence-electron chi connectivity index (χ2n) is 4.74. The number of aliphatic hydroxyl groups excluding tert-OH is 1. The smallest absolute Gasteiger partial charge is 0.0696 e. The SMILES string of the molecule is CCCCN(c1ccc(CO)c(Cl)c1)C(C)CC. The van der Waals surface area contributed by atoms with E-state index < -0.39 is 0 Å². The van der Waals surface area contributed by atoms with Crippen LogP contribution in [0.5, 0.6) is 0 Å². The first-order valence-corrected chi connectivity index (χ1v) is 7.17. The highest BCUT2D eigenvalue weighted by Gasteiger charge is 2.13. The molecule has 0 aromatic heterocycles. The number of aliphatic hydroxyl groups is 1. The highest BCUT2D eigenvalue weighted by atomic mass is 35.5. The molecule has 0 aliphatic heterocycles. The molecule has 18 heavy (non-hydrogen) atoms. The van der Waals surface area contributed by atoms with Crippen LogP contribution in [0.3, 0.4) is 0 Å². The van der Waals surface area contributed by atoms with Crippen LogP contribution in [0.4, 0.5) is 5.69 Å². The topological polar surface area (TPSA) is 23.5 Å². The molecule has 0 heterocycles. The van der Waals surface area contributed by atoms with E-state index in [1.54, 1.807) is 0 Å². The third-order valence-electron chi connectivity index (χ3n) is 3.41. The number of halogens is 1. The van der Waals surface area contributed by atoms with Crippen LogP contribution in [-0.4, -0.2) is 17.7 Å². The first kappa shape index (κ1) is 15.3. The zero-order valence-electron chi connectivity index (χ0n) is 11.6. The van der Waals surface area contributed by atoms with E-state index in [0.717, 1.165) is 24.2 Å². The lowest BCUT2D eigenvalue weighted by Gasteiger charge is -2.31. The molecule has 0 saturated heterocycles. The molecule has 0 bridgehead atoms. The zero-order valence-corrected chi connectivity index (χ0v) is 12.4. The van der Waals surface area contributed by atoms with Gasteiger partial charge >= 0.3 is 0 Å². The van der Waals surface area contributed by atoms with Crippen LogP contribution in [0.2, 0.25) is 5.02 Å². The van der Waals surface area contributed by atoms with Crippen molar-refractivity contribution in [2.45, 2.75) is 52.7 Å². The van der Waals surface area contributed by atoms with Crippen molar-refractivity contribution in [3.8, 4) is 0 Å². The van der Waals surface area contributed by atoms with Crippen LogP contribution in [0.15, 0.2) is 18.2 Å². The van der Waals surface area contributed by atoms with Gasteiger partial charge in [-0.25, -0.2) is 0 Å². The third kappa shape index (κ3) is 3.89. The molecule has 0 saturated carbocycles. The lowest BCUT2D eigenvalue weighted by atomic mass is 10.1. The maximum Gasteiger partial charge on any atom is 0.0696 e. The van der Waals surface area contributed by atoms with E-state index in [-0.39, 0.29) is 6.61 Å². The monoisotopic (exact) mass is 269 g/mol. The normalized spacial score (nSPS) is 12.5. The van der Waals surface area contributed by atoms with Gasteiger partial charge in [-0.2, -0.15) is 0 Å². The van der Waals surface area contributed by atoms with Crippen molar-refractivity contribution in [2.24, 2.45) is 0 Å². The number of rotatable bonds is 7. The van der Waals surface area contributed by atoms with Gasteiger partial charge in [0.15, 0.2) is 0 Å². The maximum absolute atomic E-state index is 9.15. The van der Waals surface area contributed by atoms with Crippen LogP contribution >= 0.6 is 11.6 Å². The predicted octanol–water partition coefficient (Wildman–Crippen LogP) is 4.24. The Morgan fingerprint density at radius 2 is 2.06 bits per heavy atom. The van der Waals surface area contributed by atoms with E-state index in [1.807, 2.05) is 12.1 Å². The van der Waals surface area contributed by atoms with Gasteiger partial charge in [0.1, 0.15) is 0 Å². The number of nitrogens with zero attached hydrogens (tertiary/aromatic N) is 1. The molecule has 0 fully saturated rings. The summed E-state index contributed by atoms with van der Waals surface area (Å²) in [5.74, 6) is 0. The van der Waals surface area contributed by atoms with Crippen molar-refractivity contribution in [3.05, 3.63) is 28.8 Å². The highest BCUT2D eigenvalue weighted by molar-refractivity contribution is 6.31. The standard InChI is InChI=1S/C15H24ClNO/c1-4-6-9-17(12(3)5-2)14-8-7-13(11-18)15(16)10-14/h7-8,10,12,18H,4-6,9,11H2,1-3H3. The summed E-state index contributed by atoms with van der Waals surface area (Å²) in [5.41, 5.74) is 1.94.